The highest BCUT2D eigenvalue weighted by atomic mass is 79.9. The molecule has 1 aliphatic carbocycles. The molecule has 1 fully saturated rings. The Hall–Kier alpha value is -0.940. The van der Waals surface area contributed by atoms with Crippen molar-refractivity contribution in [3.8, 4) is 0 Å². The number of amides is 1. The summed E-state index contributed by atoms with van der Waals surface area (Å²) in [6.07, 6.45) is 5.93. The monoisotopic (exact) mass is 340 g/mol. The second kappa shape index (κ2) is 7.01. The van der Waals surface area contributed by atoms with Gasteiger partial charge >= 0.3 is 0 Å². The van der Waals surface area contributed by atoms with Crippen molar-refractivity contribution in [2.75, 3.05) is 5.32 Å². The van der Waals surface area contributed by atoms with Crippen LogP contribution in [-0.2, 0) is 4.79 Å². The molecule has 0 atom stereocenters. The molecule has 0 bridgehead atoms. The molecule has 0 aromatic heterocycles. The average molecular weight is 341 g/mol. The molecule has 0 radical (unpaired) electrons. The molecule has 0 aliphatic heterocycles. The van der Waals surface area contributed by atoms with E-state index in [4.69, 9.17) is 12.2 Å². The molecule has 1 aromatic rings. The van der Waals surface area contributed by atoms with Crippen LogP contribution in [0, 0.1) is 0 Å². The number of nitrogens with one attached hydrogen (secondary N) is 2. The van der Waals surface area contributed by atoms with E-state index in [1.54, 1.807) is 0 Å². The lowest BCUT2D eigenvalue weighted by Gasteiger charge is -2.23. The van der Waals surface area contributed by atoms with E-state index in [1.807, 2.05) is 24.3 Å². The molecule has 102 valence electrons. The van der Waals surface area contributed by atoms with Gasteiger partial charge in [0.2, 0.25) is 0 Å². The summed E-state index contributed by atoms with van der Waals surface area (Å²) in [7, 11) is 0. The Morgan fingerprint density at radius 1 is 1.16 bits per heavy atom. The third-order valence-corrected chi connectivity index (χ3v) is 4.08. The van der Waals surface area contributed by atoms with Gasteiger partial charge in [0, 0.05) is 16.2 Å². The van der Waals surface area contributed by atoms with Crippen molar-refractivity contribution in [3.63, 3.8) is 0 Å². The standard InChI is InChI=1S/C14H17BrN2OS/c15-10-6-8-12(9-7-10)16-13(18)14(19)17-11-4-2-1-3-5-11/h6-9,11H,1-5H2,(H,16,18)(H,17,19). The molecule has 5 heteroatoms. The van der Waals surface area contributed by atoms with Crippen LogP contribution >= 0.6 is 28.1 Å². The maximum atomic E-state index is 11.9. The highest BCUT2D eigenvalue weighted by Crippen LogP contribution is 2.18. The van der Waals surface area contributed by atoms with Crippen molar-refractivity contribution in [3.05, 3.63) is 28.7 Å². The van der Waals surface area contributed by atoms with Gasteiger partial charge < -0.3 is 10.6 Å². The number of hydrogen-bond donors (Lipinski definition) is 2. The predicted octanol–water partition coefficient (Wildman–Crippen LogP) is 3.64. The molecular weight excluding hydrogens is 324 g/mol. The Balaban J connectivity index is 1.84. The van der Waals surface area contributed by atoms with Crippen molar-refractivity contribution in [1.82, 2.24) is 5.32 Å². The van der Waals surface area contributed by atoms with E-state index in [1.165, 1.54) is 19.3 Å². The molecule has 2 rings (SSSR count). The molecule has 3 nitrogen and oxygen atoms in total. The van der Waals surface area contributed by atoms with Crippen molar-refractivity contribution < 1.29 is 4.79 Å². The lowest BCUT2D eigenvalue weighted by Crippen LogP contribution is -2.41. The first-order valence-electron chi connectivity index (χ1n) is 6.52. The van der Waals surface area contributed by atoms with E-state index in [0.717, 1.165) is 23.0 Å². The Morgan fingerprint density at radius 3 is 2.42 bits per heavy atom. The van der Waals surface area contributed by atoms with Gasteiger partial charge in [-0.1, -0.05) is 47.4 Å². The summed E-state index contributed by atoms with van der Waals surface area (Å²) >= 11 is 8.51. The number of carbonyl (C=O) groups is 1. The number of anilines is 1. The molecule has 19 heavy (non-hydrogen) atoms. The Kier molecular flexibility index (Phi) is 5.34. The van der Waals surface area contributed by atoms with E-state index < -0.39 is 0 Å². The SMILES string of the molecule is O=C(Nc1ccc(Br)cc1)C(=S)NC1CCCCC1. The Bertz CT molecular complexity index is 455. The van der Waals surface area contributed by atoms with Crippen LogP contribution in [0.2, 0.25) is 0 Å². The first kappa shape index (κ1) is 14.5. The van der Waals surface area contributed by atoms with E-state index in [2.05, 4.69) is 26.6 Å². The maximum absolute atomic E-state index is 11.9. The van der Waals surface area contributed by atoms with Crippen molar-refractivity contribution in [2.45, 2.75) is 38.1 Å². The lowest BCUT2D eigenvalue weighted by atomic mass is 9.95. The van der Waals surface area contributed by atoms with E-state index in [0.29, 0.717) is 6.04 Å². The number of benzene rings is 1. The maximum Gasteiger partial charge on any atom is 0.283 e. The average Bonchev–Trinajstić information content (AvgIpc) is 2.42. The van der Waals surface area contributed by atoms with E-state index in [9.17, 15) is 4.79 Å². The minimum absolute atomic E-state index is 0.233. The number of rotatable bonds is 2. The highest BCUT2D eigenvalue weighted by Gasteiger charge is 2.17. The van der Waals surface area contributed by atoms with Gasteiger partial charge in [0.25, 0.3) is 5.91 Å². The zero-order valence-electron chi connectivity index (χ0n) is 10.6. The predicted molar refractivity (Wildman–Crippen MR) is 85.4 cm³/mol. The van der Waals surface area contributed by atoms with Crippen LogP contribution in [0.4, 0.5) is 5.69 Å². The number of hydrogen-bond acceptors (Lipinski definition) is 2. The first-order chi connectivity index (χ1) is 9.15. The molecule has 1 saturated carbocycles. The summed E-state index contributed by atoms with van der Waals surface area (Å²) in [5.74, 6) is -0.233. The summed E-state index contributed by atoms with van der Waals surface area (Å²) in [6.45, 7) is 0. The minimum atomic E-state index is -0.233. The second-order valence-corrected chi connectivity index (χ2v) is 6.09. The Morgan fingerprint density at radius 2 is 1.79 bits per heavy atom. The van der Waals surface area contributed by atoms with Crippen LogP contribution in [-0.4, -0.2) is 16.9 Å². The molecule has 1 aliphatic rings. The van der Waals surface area contributed by atoms with Gasteiger partial charge in [-0.05, 0) is 37.1 Å². The van der Waals surface area contributed by atoms with Crippen LogP contribution < -0.4 is 10.6 Å². The third kappa shape index (κ3) is 4.58. The van der Waals surface area contributed by atoms with Crippen molar-refractivity contribution >= 4 is 44.7 Å². The summed E-state index contributed by atoms with van der Waals surface area (Å²) in [5.41, 5.74) is 0.751. The van der Waals surface area contributed by atoms with Crippen LogP contribution in [0.5, 0.6) is 0 Å². The lowest BCUT2D eigenvalue weighted by molar-refractivity contribution is -0.110. The molecule has 1 aromatic carbocycles. The normalized spacial score (nSPS) is 15.8. The summed E-state index contributed by atoms with van der Waals surface area (Å²) in [4.78, 5) is 12.2. The van der Waals surface area contributed by atoms with Crippen LogP contribution in [0.1, 0.15) is 32.1 Å². The van der Waals surface area contributed by atoms with Gasteiger partial charge in [-0.2, -0.15) is 0 Å². The smallest absolute Gasteiger partial charge is 0.283 e. The molecule has 2 N–H and O–H groups in total. The summed E-state index contributed by atoms with van der Waals surface area (Å²) in [6, 6.07) is 7.80. The first-order valence-corrected chi connectivity index (χ1v) is 7.73. The van der Waals surface area contributed by atoms with Gasteiger partial charge in [-0.3, -0.25) is 4.79 Å². The fraction of sp³-hybridized carbons (Fsp3) is 0.429. The van der Waals surface area contributed by atoms with Crippen LogP contribution in [0.15, 0.2) is 28.7 Å². The molecule has 0 heterocycles. The fourth-order valence-corrected chi connectivity index (χ4v) is 2.70. The molecule has 1 amide bonds. The largest absolute Gasteiger partial charge is 0.369 e. The zero-order chi connectivity index (χ0) is 13.7. The minimum Gasteiger partial charge on any atom is -0.369 e. The van der Waals surface area contributed by atoms with Gasteiger partial charge in [0.1, 0.15) is 0 Å². The number of halogens is 1. The highest BCUT2D eigenvalue weighted by molar-refractivity contribution is 9.10. The summed E-state index contributed by atoms with van der Waals surface area (Å²) < 4.78 is 0.980. The summed E-state index contributed by atoms with van der Waals surface area (Å²) in [5, 5.41) is 5.96. The number of thiocarbonyl (C=S) groups is 1. The molecule has 0 unspecified atom stereocenters. The Labute approximate surface area is 127 Å². The third-order valence-electron chi connectivity index (χ3n) is 3.25. The van der Waals surface area contributed by atoms with Crippen LogP contribution in [0.3, 0.4) is 0 Å². The van der Waals surface area contributed by atoms with Gasteiger partial charge in [0.15, 0.2) is 4.99 Å². The zero-order valence-corrected chi connectivity index (χ0v) is 13.0. The fourth-order valence-electron chi connectivity index (χ4n) is 2.22. The molecule has 0 saturated heterocycles. The van der Waals surface area contributed by atoms with Gasteiger partial charge in [-0.25, -0.2) is 0 Å². The van der Waals surface area contributed by atoms with E-state index >= 15 is 0 Å². The van der Waals surface area contributed by atoms with Crippen molar-refractivity contribution in [1.29, 1.82) is 0 Å². The topological polar surface area (TPSA) is 41.1 Å². The van der Waals surface area contributed by atoms with Crippen LogP contribution in [0.25, 0.3) is 0 Å². The van der Waals surface area contributed by atoms with Gasteiger partial charge in [-0.15, -0.1) is 0 Å². The number of carbonyl (C=O) groups excluding carboxylic acids is 1. The van der Waals surface area contributed by atoms with E-state index in [-0.39, 0.29) is 10.9 Å². The quantitative estimate of drug-likeness (QED) is 0.807. The second-order valence-electron chi connectivity index (χ2n) is 4.77. The molecular formula is C14H17BrN2OS. The molecule has 0 spiro atoms. The van der Waals surface area contributed by atoms with Crippen molar-refractivity contribution in [2.24, 2.45) is 0 Å². The van der Waals surface area contributed by atoms with Gasteiger partial charge in [0.05, 0.1) is 0 Å².